The molecular formula is C23H29N7. The van der Waals surface area contributed by atoms with E-state index in [4.69, 9.17) is 9.98 Å². The maximum atomic E-state index is 4.73. The molecule has 0 aliphatic rings. The number of hydrogen-bond donors (Lipinski definition) is 2. The lowest BCUT2D eigenvalue weighted by Gasteiger charge is -2.12. The molecule has 2 aromatic heterocycles. The van der Waals surface area contributed by atoms with E-state index >= 15 is 0 Å². The van der Waals surface area contributed by atoms with Gasteiger partial charge in [0.15, 0.2) is 5.96 Å². The number of aryl methyl sites for hydroxylation is 3. The van der Waals surface area contributed by atoms with Crippen LogP contribution >= 0.6 is 0 Å². The Kier molecular flexibility index (Phi) is 5.97. The zero-order valence-corrected chi connectivity index (χ0v) is 17.9. The van der Waals surface area contributed by atoms with Crippen LogP contribution < -0.4 is 10.6 Å². The van der Waals surface area contributed by atoms with E-state index in [0.717, 1.165) is 60.2 Å². The highest BCUT2D eigenvalue weighted by molar-refractivity contribution is 5.80. The van der Waals surface area contributed by atoms with Crippen molar-refractivity contribution in [3.05, 3.63) is 60.2 Å². The smallest absolute Gasteiger partial charge is 0.191 e. The molecule has 0 fully saturated rings. The number of guanidine groups is 1. The van der Waals surface area contributed by atoms with Crippen LogP contribution in [0.1, 0.15) is 25.0 Å². The molecule has 0 amide bonds. The van der Waals surface area contributed by atoms with Gasteiger partial charge in [0.1, 0.15) is 18.2 Å². The predicted molar refractivity (Wildman–Crippen MR) is 123 cm³/mol. The monoisotopic (exact) mass is 403 g/mol. The fourth-order valence-corrected chi connectivity index (χ4v) is 3.75. The van der Waals surface area contributed by atoms with Crippen molar-refractivity contribution in [1.29, 1.82) is 0 Å². The highest BCUT2D eigenvalue weighted by atomic mass is 15.2. The van der Waals surface area contributed by atoms with Crippen LogP contribution in [0, 0.1) is 6.92 Å². The average Bonchev–Trinajstić information content (AvgIpc) is 3.25. The molecule has 156 valence electrons. The maximum Gasteiger partial charge on any atom is 0.191 e. The van der Waals surface area contributed by atoms with E-state index in [9.17, 15) is 0 Å². The minimum absolute atomic E-state index is 0.534. The normalized spacial score (nSPS) is 12.0. The quantitative estimate of drug-likeness (QED) is 0.282. The number of aromatic nitrogens is 4. The van der Waals surface area contributed by atoms with Gasteiger partial charge < -0.3 is 19.8 Å². The summed E-state index contributed by atoms with van der Waals surface area (Å²) in [7, 11) is 2.04. The number of nitrogens with one attached hydrogen (secondary N) is 2. The number of para-hydroxylation sites is 4. The molecule has 4 rings (SSSR count). The van der Waals surface area contributed by atoms with E-state index in [1.807, 2.05) is 31.3 Å². The minimum Gasteiger partial charge on any atom is -0.357 e. The third-order valence-corrected chi connectivity index (χ3v) is 5.30. The zero-order chi connectivity index (χ0) is 20.9. The number of nitrogens with zero attached hydrogens (tertiary/aromatic N) is 5. The van der Waals surface area contributed by atoms with E-state index in [1.165, 1.54) is 5.52 Å². The van der Waals surface area contributed by atoms with Gasteiger partial charge in [0.2, 0.25) is 0 Å². The summed E-state index contributed by atoms with van der Waals surface area (Å²) >= 11 is 0. The number of fused-ring (bicyclic) bond motifs is 2. The number of imidazole rings is 2. The summed E-state index contributed by atoms with van der Waals surface area (Å²) in [5.74, 6) is 2.82. The Balaban J connectivity index is 1.37. The number of aliphatic imine (C=N–C) groups is 1. The van der Waals surface area contributed by atoms with Gasteiger partial charge in [-0.1, -0.05) is 24.3 Å². The van der Waals surface area contributed by atoms with E-state index in [1.54, 1.807) is 0 Å². The Morgan fingerprint density at radius 2 is 1.67 bits per heavy atom. The third kappa shape index (κ3) is 4.15. The highest BCUT2D eigenvalue weighted by Crippen LogP contribution is 2.16. The first-order chi connectivity index (χ1) is 14.7. The summed E-state index contributed by atoms with van der Waals surface area (Å²) in [5, 5.41) is 6.77. The van der Waals surface area contributed by atoms with Gasteiger partial charge in [0, 0.05) is 26.7 Å². The largest absolute Gasteiger partial charge is 0.357 e. The van der Waals surface area contributed by atoms with Crippen molar-refractivity contribution >= 4 is 28.0 Å². The number of hydrogen-bond acceptors (Lipinski definition) is 3. The summed E-state index contributed by atoms with van der Waals surface area (Å²) in [6, 6.07) is 16.5. The molecule has 4 aromatic rings. The first-order valence-electron chi connectivity index (χ1n) is 10.5. The molecule has 0 saturated carbocycles. The van der Waals surface area contributed by atoms with Crippen LogP contribution in [0.25, 0.3) is 22.1 Å². The Labute approximate surface area is 176 Å². The van der Waals surface area contributed by atoms with E-state index < -0.39 is 0 Å². The fourth-order valence-electron chi connectivity index (χ4n) is 3.75. The van der Waals surface area contributed by atoms with E-state index in [-0.39, 0.29) is 0 Å². The van der Waals surface area contributed by atoms with Crippen molar-refractivity contribution in [2.45, 2.75) is 33.4 Å². The molecule has 0 aliphatic heterocycles. The second-order valence-corrected chi connectivity index (χ2v) is 7.35. The Morgan fingerprint density at radius 1 is 0.967 bits per heavy atom. The van der Waals surface area contributed by atoms with Crippen LogP contribution in [0.2, 0.25) is 0 Å². The van der Waals surface area contributed by atoms with Gasteiger partial charge in [-0.15, -0.1) is 0 Å². The van der Waals surface area contributed by atoms with Crippen molar-refractivity contribution in [3.63, 3.8) is 0 Å². The fraction of sp³-hybridized carbons (Fsp3) is 0.348. The third-order valence-electron chi connectivity index (χ3n) is 5.30. The predicted octanol–water partition coefficient (Wildman–Crippen LogP) is 3.38. The molecule has 0 bridgehead atoms. The minimum atomic E-state index is 0.534. The van der Waals surface area contributed by atoms with E-state index in [2.05, 4.69) is 62.9 Å². The first kappa shape index (κ1) is 19.9. The second-order valence-electron chi connectivity index (χ2n) is 7.35. The molecule has 7 nitrogen and oxygen atoms in total. The number of benzene rings is 2. The summed E-state index contributed by atoms with van der Waals surface area (Å²) in [6.07, 6.45) is 0.984. The van der Waals surface area contributed by atoms with Gasteiger partial charge in [-0.05, 0) is 44.5 Å². The molecule has 0 atom stereocenters. The van der Waals surface area contributed by atoms with Gasteiger partial charge in [0.25, 0.3) is 0 Å². The van der Waals surface area contributed by atoms with Gasteiger partial charge in [-0.2, -0.15) is 0 Å². The van der Waals surface area contributed by atoms with E-state index in [0.29, 0.717) is 6.54 Å². The summed E-state index contributed by atoms with van der Waals surface area (Å²) < 4.78 is 4.38. The molecule has 2 N–H and O–H groups in total. The first-order valence-corrected chi connectivity index (χ1v) is 10.5. The molecule has 0 saturated heterocycles. The van der Waals surface area contributed by atoms with Crippen LogP contribution in [0.3, 0.4) is 0 Å². The van der Waals surface area contributed by atoms with Crippen LogP contribution in [0.4, 0.5) is 0 Å². The van der Waals surface area contributed by atoms with Crippen molar-refractivity contribution in [2.24, 2.45) is 12.0 Å². The molecule has 7 heteroatoms. The topological polar surface area (TPSA) is 72.1 Å². The van der Waals surface area contributed by atoms with Crippen LogP contribution in [-0.2, 0) is 20.1 Å². The molecule has 30 heavy (non-hydrogen) atoms. The standard InChI is InChI=1S/C23H29N7/c1-4-24-23(26-16-22-28-18-10-5-7-12-20(18)29(22)3)25-14-9-15-30-17(2)27-19-11-6-8-13-21(19)30/h5-8,10-13H,4,9,14-16H2,1-3H3,(H2,24,25,26). The number of rotatable bonds is 7. The van der Waals surface area contributed by atoms with Crippen molar-refractivity contribution in [2.75, 3.05) is 13.1 Å². The summed E-state index contributed by atoms with van der Waals surface area (Å²) in [5.41, 5.74) is 4.38. The lowest BCUT2D eigenvalue weighted by Crippen LogP contribution is -2.38. The van der Waals surface area contributed by atoms with Gasteiger partial charge in [-0.25, -0.2) is 15.0 Å². The van der Waals surface area contributed by atoms with Gasteiger partial charge in [0.05, 0.1) is 22.1 Å². The molecule has 0 spiro atoms. The molecule has 0 unspecified atom stereocenters. The zero-order valence-electron chi connectivity index (χ0n) is 17.9. The second kappa shape index (κ2) is 8.98. The van der Waals surface area contributed by atoms with Gasteiger partial charge >= 0.3 is 0 Å². The van der Waals surface area contributed by atoms with Crippen LogP contribution in [0.5, 0.6) is 0 Å². The average molecular weight is 404 g/mol. The summed E-state index contributed by atoms with van der Waals surface area (Å²) in [6.45, 7) is 7.25. The van der Waals surface area contributed by atoms with Crippen LogP contribution in [0.15, 0.2) is 53.5 Å². The molecule has 0 radical (unpaired) electrons. The molecule has 0 aliphatic carbocycles. The van der Waals surface area contributed by atoms with Crippen molar-refractivity contribution in [1.82, 2.24) is 29.7 Å². The Morgan fingerprint density at radius 3 is 2.40 bits per heavy atom. The lowest BCUT2D eigenvalue weighted by atomic mass is 10.3. The van der Waals surface area contributed by atoms with Gasteiger partial charge in [-0.3, -0.25) is 0 Å². The molecular weight excluding hydrogens is 374 g/mol. The Hall–Kier alpha value is -3.35. The molecule has 2 heterocycles. The SMILES string of the molecule is CCNC(=NCc1nc2ccccc2n1C)NCCCn1c(C)nc2ccccc21. The lowest BCUT2D eigenvalue weighted by molar-refractivity contribution is 0.624. The maximum absolute atomic E-state index is 4.73. The van der Waals surface area contributed by atoms with Crippen molar-refractivity contribution in [3.8, 4) is 0 Å². The molecule has 2 aromatic carbocycles. The van der Waals surface area contributed by atoms with Crippen molar-refractivity contribution < 1.29 is 0 Å². The highest BCUT2D eigenvalue weighted by Gasteiger charge is 2.08. The Bertz CT molecular complexity index is 1170. The van der Waals surface area contributed by atoms with Crippen LogP contribution in [-0.4, -0.2) is 38.2 Å². The summed E-state index contributed by atoms with van der Waals surface area (Å²) in [4.78, 5) is 14.1.